The zero-order chi connectivity index (χ0) is 29.6. The van der Waals surface area contributed by atoms with E-state index in [4.69, 9.17) is 9.47 Å². The van der Waals surface area contributed by atoms with Crippen LogP contribution in [0.4, 0.5) is 20.3 Å². The molecule has 0 bridgehead atoms. The van der Waals surface area contributed by atoms with Gasteiger partial charge in [0.25, 0.3) is 6.43 Å². The van der Waals surface area contributed by atoms with Crippen LogP contribution in [0.5, 0.6) is 0 Å². The number of allylic oxidation sites excluding steroid dienone is 1. The molecule has 6 heterocycles. The Kier molecular flexibility index (Phi) is 7.79. The van der Waals surface area contributed by atoms with E-state index < -0.39 is 12.0 Å². The summed E-state index contributed by atoms with van der Waals surface area (Å²) in [5, 5.41) is 4.60. The lowest BCUT2D eigenvalue weighted by Gasteiger charge is -2.53. The van der Waals surface area contributed by atoms with Crippen LogP contribution in [0.15, 0.2) is 31.0 Å². The highest BCUT2D eigenvalue weighted by atomic mass is 19.3. The van der Waals surface area contributed by atoms with Crippen LogP contribution < -0.4 is 9.80 Å². The third kappa shape index (κ3) is 4.88. The van der Waals surface area contributed by atoms with Gasteiger partial charge in [-0.1, -0.05) is 18.7 Å². The van der Waals surface area contributed by atoms with Crippen LogP contribution >= 0.6 is 0 Å². The molecule has 0 N–H and O–H groups in total. The molecule has 0 saturated carbocycles. The first-order chi connectivity index (χ1) is 20.3. The molecule has 226 valence electrons. The van der Waals surface area contributed by atoms with E-state index in [0.717, 1.165) is 43.1 Å². The third-order valence-electron chi connectivity index (χ3n) is 9.00. The maximum absolute atomic E-state index is 14.4. The summed E-state index contributed by atoms with van der Waals surface area (Å²) in [5.74, 6) is 0.496. The minimum atomic E-state index is -2.71. The van der Waals surface area contributed by atoms with Crippen molar-refractivity contribution < 1.29 is 23.0 Å². The normalized spacial score (nSPS) is 22.5. The first-order valence-corrected chi connectivity index (χ1v) is 14.6. The molecular weight excluding hydrogens is 544 g/mol. The highest BCUT2D eigenvalue weighted by molar-refractivity contribution is 5.87. The van der Waals surface area contributed by atoms with Gasteiger partial charge in [-0.3, -0.25) is 14.4 Å². The maximum atomic E-state index is 14.4. The molecule has 0 radical (unpaired) electrons. The van der Waals surface area contributed by atoms with Crippen molar-refractivity contribution >= 4 is 23.5 Å². The quantitative estimate of drug-likeness (QED) is 0.439. The van der Waals surface area contributed by atoms with Gasteiger partial charge in [0.05, 0.1) is 44.2 Å². The number of rotatable bonds is 8. The largest absolute Gasteiger partial charge is 0.382 e. The van der Waals surface area contributed by atoms with Crippen molar-refractivity contribution in [2.75, 3.05) is 82.5 Å². The highest BCUT2D eigenvalue weighted by Crippen LogP contribution is 2.45. The lowest BCUT2D eigenvalue weighted by Crippen LogP contribution is -2.65. The molecule has 1 spiro atoms. The van der Waals surface area contributed by atoms with Crippen LogP contribution in [0, 0.1) is 6.92 Å². The number of amides is 1. The summed E-state index contributed by atoms with van der Waals surface area (Å²) in [6.07, 6.45) is 4.03. The lowest BCUT2D eigenvalue weighted by atomic mass is 9.86. The van der Waals surface area contributed by atoms with E-state index in [0.29, 0.717) is 56.8 Å². The molecule has 4 aliphatic rings. The Morgan fingerprint density at radius 1 is 1.24 bits per heavy atom. The van der Waals surface area contributed by atoms with Gasteiger partial charge in [0.15, 0.2) is 0 Å². The first-order valence-electron chi connectivity index (χ1n) is 14.6. The fourth-order valence-corrected chi connectivity index (χ4v) is 6.77. The second-order valence-corrected chi connectivity index (χ2v) is 11.6. The number of alkyl halides is 2. The van der Waals surface area contributed by atoms with Gasteiger partial charge in [0.2, 0.25) is 5.91 Å². The number of aromatic nitrogens is 3. The molecule has 0 aliphatic carbocycles. The Hall–Kier alpha value is -3.35. The number of carbonyl (C=O) groups excluding carboxylic acids is 1. The lowest BCUT2D eigenvalue weighted by molar-refractivity contribution is -0.128. The number of pyridine rings is 1. The van der Waals surface area contributed by atoms with Crippen LogP contribution in [0.1, 0.15) is 41.9 Å². The molecule has 2 aromatic rings. The van der Waals surface area contributed by atoms with Crippen molar-refractivity contribution in [2.24, 2.45) is 0 Å². The molecule has 42 heavy (non-hydrogen) atoms. The van der Waals surface area contributed by atoms with Gasteiger partial charge in [0, 0.05) is 69.7 Å². The zero-order valence-corrected chi connectivity index (χ0v) is 24.5. The molecule has 1 atom stereocenters. The van der Waals surface area contributed by atoms with Gasteiger partial charge in [0.1, 0.15) is 17.1 Å². The second-order valence-electron chi connectivity index (χ2n) is 11.6. The summed E-state index contributed by atoms with van der Waals surface area (Å²) < 4.78 is 42.7. The van der Waals surface area contributed by atoms with Gasteiger partial charge in [-0.15, -0.1) is 0 Å². The summed E-state index contributed by atoms with van der Waals surface area (Å²) in [6.45, 7) is 13.8. The van der Waals surface area contributed by atoms with Crippen molar-refractivity contribution in [1.29, 1.82) is 0 Å². The Balaban J connectivity index is 1.21. The topological polar surface area (TPSA) is 79.2 Å². The fourth-order valence-electron chi connectivity index (χ4n) is 6.77. The van der Waals surface area contributed by atoms with E-state index in [9.17, 15) is 13.6 Å². The molecule has 3 saturated heterocycles. The van der Waals surface area contributed by atoms with Gasteiger partial charge in [-0.25, -0.2) is 13.8 Å². The highest BCUT2D eigenvalue weighted by Gasteiger charge is 2.53. The summed E-state index contributed by atoms with van der Waals surface area (Å²) in [5.41, 5.74) is 2.55. The number of ether oxygens (including phenoxy) is 2. The maximum Gasteiger partial charge on any atom is 0.281 e. The van der Waals surface area contributed by atoms with Gasteiger partial charge in [-0.2, -0.15) is 5.10 Å². The number of anilines is 2. The number of piperazine rings is 1. The third-order valence-corrected chi connectivity index (χ3v) is 9.00. The van der Waals surface area contributed by atoms with Crippen molar-refractivity contribution in [2.45, 2.75) is 38.0 Å². The average Bonchev–Trinajstić information content (AvgIpc) is 3.34. The van der Waals surface area contributed by atoms with E-state index in [-0.39, 0.29) is 17.6 Å². The van der Waals surface area contributed by atoms with Gasteiger partial charge >= 0.3 is 0 Å². The van der Waals surface area contributed by atoms with Crippen LogP contribution in [0.2, 0.25) is 0 Å². The number of fused-ring (bicyclic) bond motifs is 2. The van der Waals surface area contributed by atoms with E-state index in [1.807, 2.05) is 40.6 Å². The molecule has 1 unspecified atom stereocenters. The predicted octanol–water partition coefficient (Wildman–Crippen LogP) is 3.01. The van der Waals surface area contributed by atoms with Crippen molar-refractivity contribution in [3.63, 3.8) is 0 Å². The number of aryl methyl sites for hydroxylation is 1. The van der Waals surface area contributed by atoms with Gasteiger partial charge in [-0.05, 0) is 25.5 Å². The van der Waals surface area contributed by atoms with Crippen LogP contribution in [-0.4, -0.2) is 109 Å². The van der Waals surface area contributed by atoms with Crippen LogP contribution in [0.3, 0.4) is 0 Å². The van der Waals surface area contributed by atoms with E-state index in [1.54, 1.807) is 19.3 Å². The number of halogens is 2. The van der Waals surface area contributed by atoms with Crippen molar-refractivity contribution in [3.8, 4) is 0 Å². The minimum absolute atomic E-state index is 0.00142. The Labute approximate surface area is 245 Å². The predicted molar refractivity (Wildman–Crippen MR) is 156 cm³/mol. The number of methoxy groups -OCH3 is 1. The van der Waals surface area contributed by atoms with Gasteiger partial charge < -0.3 is 24.2 Å². The standard InChI is InChI=1S/C30H39F2N7O3/c1-5-7-23-24(37-14-21(15-37)35-8-10-36(11-9-35)26(40)6-2)12-25(34-27(23)29(31)32)38-18-30(19-38)28-20(3)13-33-39(28)22(16-41-4)17-42-30/h5-7,12-13,21-22,29H,2,8-11,14-19H2,1,3-4H3/b7-5-. The average molecular weight is 584 g/mol. The van der Waals surface area contributed by atoms with E-state index in [2.05, 4.69) is 26.5 Å². The van der Waals surface area contributed by atoms with Crippen LogP contribution in [0.25, 0.3) is 6.08 Å². The SMILES string of the molecule is C=CC(=O)N1CCN(C2CN(c3cc(N4CC5(C4)OCC(COC)n4ncc(C)c45)nc(C(F)F)c3/C=C\C)C2)CC1. The second kappa shape index (κ2) is 11.4. The molecular formula is C30H39F2N7O3. The van der Waals surface area contributed by atoms with Crippen LogP contribution in [-0.2, 0) is 19.9 Å². The summed E-state index contributed by atoms with van der Waals surface area (Å²) in [6, 6.07) is 2.26. The molecule has 0 aromatic carbocycles. The smallest absolute Gasteiger partial charge is 0.281 e. The minimum Gasteiger partial charge on any atom is -0.382 e. The summed E-state index contributed by atoms with van der Waals surface area (Å²) >= 11 is 0. The molecule has 4 aliphatic heterocycles. The molecule has 1 amide bonds. The van der Waals surface area contributed by atoms with Crippen molar-refractivity contribution in [3.05, 3.63) is 53.5 Å². The Morgan fingerprint density at radius 2 is 1.98 bits per heavy atom. The summed E-state index contributed by atoms with van der Waals surface area (Å²) in [4.78, 5) is 24.8. The number of hydrogen-bond donors (Lipinski definition) is 0. The molecule has 2 aromatic heterocycles. The Morgan fingerprint density at radius 3 is 2.62 bits per heavy atom. The molecule has 6 rings (SSSR count). The fraction of sp³-hybridized carbons (Fsp3) is 0.567. The monoisotopic (exact) mass is 583 g/mol. The molecule has 12 heteroatoms. The zero-order valence-electron chi connectivity index (χ0n) is 24.5. The Bertz CT molecular complexity index is 1360. The summed E-state index contributed by atoms with van der Waals surface area (Å²) in [7, 11) is 1.67. The number of carbonyl (C=O) groups is 1. The molecule has 10 nitrogen and oxygen atoms in total. The molecule has 3 fully saturated rings. The van der Waals surface area contributed by atoms with E-state index >= 15 is 0 Å². The van der Waals surface area contributed by atoms with E-state index in [1.165, 1.54) is 6.08 Å². The number of hydrogen-bond acceptors (Lipinski definition) is 8. The van der Waals surface area contributed by atoms with Crippen molar-refractivity contribution in [1.82, 2.24) is 24.6 Å². The first kappa shape index (κ1) is 28.8. The number of nitrogens with zero attached hydrogens (tertiary/aromatic N) is 7.